The molecule has 5 nitrogen and oxygen atoms in total. The molecule has 4 rings (SSSR count). The third-order valence-electron chi connectivity index (χ3n) is 6.57. The maximum atomic E-state index is 14.1. The lowest BCUT2D eigenvalue weighted by molar-refractivity contribution is -0.141. The Morgan fingerprint density at radius 1 is 1.22 bits per heavy atom. The van der Waals surface area contributed by atoms with Crippen LogP contribution in [0.2, 0.25) is 0 Å². The van der Waals surface area contributed by atoms with Gasteiger partial charge in [0.2, 0.25) is 5.91 Å². The van der Waals surface area contributed by atoms with E-state index in [1.54, 1.807) is 6.07 Å². The number of halogens is 1. The number of benzene rings is 2. The van der Waals surface area contributed by atoms with Crippen molar-refractivity contribution < 1.29 is 19.1 Å². The van der Waals surface area contributed by atoms with Crippen LogP contribution in [0.5, 0.6) is 0 Å². The molecule has 2 aromatic carbocycles. The van der Waals surface area contributed by atoms with E-state index in [0.29, 0.717) is 25.7 Å². The highest BCUT2D eigenvalue weighted by Crippen LogP contribution is 2.36. The molecule has 1 amide bonds. The summed E-state index contributed by atoms with van der Waals surface area (Å²) >= 11 is 0. The van der Waals surface area contributed by atoms with Crippen LogP contribution in [-0.2, 0) is 22.4 Å². The molecule has 1 unspecified atom stereocenters. The van der Waals surface area contributed by atoms with E-state index in [0.717, 1.165) is 34.1 Å². The molecule has 0 aliphatic heterocycles. The largest absolute Gasteiger partial charge is 0.480 e. The smallest absolute Gasteiger partial charge is 0.326 e. The highest BCUT2D eigenvalue weighted by atomic mass is 19.1. The maximum Gasteiger partial charge on any atom is 0.326 e. The normalized spacial score (nSPS) is 17.5. The number of carboxylic acids is 1. The summed E-state index contributed by atoms with van der Waals surface area (Å²) in [5, 5.41) is 13.7. The number of nitrogens with one attached hydrogen (secondary N) is 1. The van der Waals surface area contributed by atoms with E-state index < -0.39 is 12.0 Å². The topological polar surface area (TPSA) is 71.3 Å². The van der Waals surface area contributed by atoms with Crippen molar-refractivity contribution in [2.24, 2.45) is 0 Å². The van der Waals surface area contributed by atoms with Gasteiger partial charge < -0.3 is 15.0 Å². The second-order valence-corrected chi connectivity index (χ2v) is 8.74. The Hall–Kier alpha value is -3.15. The fraction of sp³-hybridized carbons (Fsp3) is 0.385. The molecule has 1 heterocycles. The van der Waals surface area contributed by atoms with Crippen molar-refractivity contribution in [2.45, 2.75) is 64.0 Å². The fourth-order valence-corrected chi connectivity index (χ4v) is 4.98. The lowest BCUT2D eigenvalue weighted by Gasteiger charge is -2.27. The van der Waals surface area contributed by atoms with Crippen molar-refractivity contribution in [3.8, 4) is 0 Å². The van der Waals surface area contributed by atoms with E-state index in [4.69, 9.17) is 0 Å². The van der Waals surface area contributed by atoms with Gasteiger partial charge in [0, 0.05) is 29.1 Å². The van der Waals surface area contributed by atoms with Gasteiger partial charge >= 0.3 is 5.97 Å². The van der Waals surface area contributed by atoms with Crippen LogP contribution in [0.1, 0.15) is 61.9 Å². The number of hydrogen-bond acceptors (Lipinski definition) is 2. The summed E-state index contributed by atoms with van der Waals surface area (Å²) < 4.78 is 15.9. The Labute approximate surface area is 187 Å². The minimum Gasteiger partial charge on any atom is -0.480 e. The Kier molecular flexibility index (Phi) is 6.31. The van der Waals surface area contributed by atoms with Crippen molar-refractivity contribution in [3.05, 3.63) is 71.2 Å². The summed E-state index contributed by atoms with van der Waals surface area (Å²) in [5.74, 6) is -1.11. The van der Waals surface area contributed by atoms with E-state index in [2.05, 4.69) is 5.32 Å². The van der Waals surface area contributed by atoms with Gasteiger partial charge in [0.1, 0.15) is 11.9 Å². The first-order valence-corrected chi connectivity index (χ1v) is 11.3. The van der Waals surface area contributed by atoms with Crippen LogP contribution in [-0.4, -0.2) is 27.6 Å². The lowest BCUT2D eigenvalue weighted by atomic mass is 9.90. The number of carbonyl (C=O) groups is 2. The van der Waals surface area contributed by atoms with Crippen LogP contribution in [0.4, 0.5) is 4.39 Å². The molecule has 1 aromatic heterocycles. The van der Waals surface area contributed by atoms with Gasteiger partial charge in [-0.2, -0.15) is 0 Å². The summed E-state index contributed by atoms with van der Waals surface area (Å²) in [6.45, 7) is 3.89. The molecular weight excluding hydrogens is 407 g/mol. The fourth-order valence-electron chi connectivity index (χ4n) is 4.98. The Morgan fingerprint density at radius 3 is 2.66 bits per heavy atom. The average Bonchev–Trinajstić information content (AvgIpc) is 3.07. The highest BCUT2D eigenvalue weighted by molar-refractivity contribution is 5.88. The van der Waals surface area contributed by atoms with Crippen molar-refractivity contribution >= 4 is 22.8 Å². The van der Waals surface area contributed by atoms with Crippen LogP contribution < -0.4 is 5.32 Å². The second-order valence-electron chi connectivity index (χ2n) is 8.74. The van der Waals surface area contributed by atoms with Gasteiger partial charge in [0.15, 0.2) is 0 Å². The predicted octanol–water partition coefficient (Wildman–Crippen LogP) is 4.98. The summed E-state index contributed by atoms with van der Waals surface area (Å²) in [5.41, 5.74) is 3.77. The molecule has 0 bridgehead atoms. The van der Waals surface area contributed by atoms with Gasteiger partial charge in [0.05, 0.1) is 0 Å². The molecule has 168 valence electrons. The molecule has 3 aromatic rings. The number of aliphatic carboxylic acids is 1. The summed E-state index contributed by atoms with van der Waals surface area (Å²) in [4.78, 5) is 24.6. The average molecular weight is 437 g/mol. The zero-order valence-electron chi connectivity index (χ0n) is 18.5. The van der Waals surface area contributed by atoms with Gasteiger partial charge in [-0.1, -0.05) is 44.2 Å². The first kappa shape index (κ1) is 22.1. The van der Waals surface area contributed by atoms with Gasteiger partial charge in [-0.15, -0.1) is 0 Å². The molecule has 32 heavy (non-hydrogen) atoms. The predicted molar refractivity (Wildman–Crippen MR) is 122 cm³/mol. The number of hydrogen-bond donors (Lipinski definition) is 2. The van der Waals surface area contributed by atoms with Crippen molar-refractivity contribution in [2.75, 3.05) is 0 Å². The molecule has 1 aliphatic carbocycles. The Morgan fingerprint density at radius 2 is 1.97 bits per heavy atom. The van der Waals surface area contributed by atoms with E-state index in [1.807, 2.05) is 48.7 Å². The number of fused-ring (bicyclic) bond motifs is 3. The number of carboxylic acid groups (broad SMARTS) is 1. The Bertz CT molecular complexity index is 1140. The first-order chi connectivity index (χ1) is 15.4. The summed E-state index contributed by atoms with van der Waals surface area (Å²) in [6, 6.07) is 13.8. The van der Waals surface area contributed by atoms with Crippen molar-refractivity contribution in [1.29, 1.82) is 0 Å². The third kappa shape index (κ3) is 4.27. The van der Waals surface area contributed by atoms with Gasteiger partial charge in [-0.3, -0.25) is 4.79 Å². The first-order valence-electron chi connectivity index (χ1n) is 11.3. The minimum atomic E-state index is -0.887. The highest BCUT2D eigenvalue weighted by Gasteiger charge is 2.31. The number of rotatable bonds is 7. The molecule has 0 saturated heterocycles. The zero-order valence-corrected chi connectivity index (χ0v) is 18.5. The quantitative estimate of drug-likeness (QED) is 0.549. The molecule has 0 fully saturated rings. The van der Waals surface area contributed by atoms with E-state index in [-0.39, 0.29) is 23.7 Å². The van der Waals surface area contributed by atoms with Gasteiger partial charge in [-0.25, -0.2) is 9.18 Å². The van der Waals surface area contributed by atoms with Gasteiger partial charge in [-0.05, 0) is 60.9 Å². The van der Waals surface area contributed by atoms with E-state index >= 15 is 0 Å². The monoisotopic (exact) mass is 436 g/mol. The van der Waals surface area contributed by atoms with Crippen LogP contribution >= 0.6 is 0 Å². The molecule has 0 spiro atoms. The molecule has 1 aliphatic rings. The number of nitrogens with zero attached hydrogens (tertiary/aromatic N) is 1. The van der Waals surface area contributed by atoms with Crippen LogP contribution in [0, 0.1) is 5.82 Å². The van der Waals surface area contributed by atoms with Crippen molar-refractivity contribution in [1.82, 2.24) is 9.88 Å². The molecule has 6 heteroatoms. The van der Waals surface area contributed by atoms with E-state index in [1.165, 1.54) is 12.1 Å². The van der Waals surface area contributed by atoms with E-state index in [9.17, 15) is 19.1 Å². The maximum absolute atomic E-state index is 14.1. The van der Waals surface area contributed by atoms with Crippen molar-refractivity contribution in [3.63, 3.8) is 0 Å². The number of carbonyl (C=O) groups excluding carboxylic acids is 1. The van der Waals surface area contributed by atoms with Crippen LogP contribution in [0.15, 0.2) is 48.5 Å². The molecule has 0 radical (unpaired) electrons. The molecule has 2 N–H and O–H groups in total. The SMILES string of the molecule is CCC(C(=O)O)n1c2c(c3cc(F)ccc31)C[C@@H](NC(=O)C[C@H](C)c1ccccc1)CC2. The minimum absolute atomic E-state index is 0.00157. The number of amides is 1. The zero-order chi connectivity index (χ0) is 22.8. The van der Waals surface area contributed by atoms with Crippen LogP contribution in [0.25, 0.3) is 10.9 Å². The Balaban J connectivity index is 1.57. The molecule has 3 atom stereocenters. The summed E-state index contributed by atoms with van der Waals surface area (Å²) in [7, 11) is 0. The molecular formula is C26H29FN2O3. The summed E-state index contributed by atoms with van der Waals surface area (Å²) in [6.07, 6.45) is 2.80. The standard InChI is InChI=1S/C26H29FN2O3/c1-3-22(26(31)32)29-23-11-9-18(27)14-20(23)21-15-19(10-12-24(21)29)28-25(30)13-16(2)17-7-5-4-6-8-17/h4-9,11,14,16,19,22H,3,10,12-13,15H2,1-2H3,(H,28,30)(H,31,32)/t16-,19-,22?/m0/s1. The molecule has 0 saturated carbocycles. The second kappa shape index (κ2) is 9.15. The third-order valence-corrected chi connectivity index (χ3v) is 6.57. The number of aromatic nitrogens is 1. The lowest BCUT2D eigenvalue weighted by Crippen LogP contribution is -2.39. The van der Waals surface area contributed by atoms with Gasteiger partial charge in [0.25, 0.3) is 0 Å². The van der Waals surface area contributed by atoms with Crippen LogP contribution in [0.3, 0.4) is 0 Å².